The highest BCUT2D eigenvalue weighted by molar-refractivity contribution is 5.58. The average molecular weight is 667 g/mol. The van der Waals surface area contributed by atoms with Crippen LogP contribution in [0.15, 0.2) is 54.6 Å². The second kappa shape index (κ2) is 17.6. The van der Waals surface area contributed by atoms with Gasteiger partial charge in [-0.2, -0.15) is 0 Å². The number of hydrogen-bond donors (Lipinski definition) is 2. The number of ether oxygens (including phenoxy) is 4. The topological polar surface area (TPSA) is 77.4 Å². The highest BCUT2D eigenvalue weighted by Gasteiger charge is 2.23. The normalized spacial score (nSPS) is 12.5. The standard InChI is InChI=1S/C43H54O6/c1-6-13-46-40-32-11-10-12-33(40)24-37-20-31(28-45)22-39(43(37)49-16-9-4)26-35-18-29(5)17-34(41(35)47-14-7-2)25-38-21-30(27-44)19-36(23-32)42(38)48-15-8-3/h10-12,17-22,44-45H,6-9,13-16,23-28H2,1-5H3. The van der Waals surface area contributed by atoms with E-state index in [0.29, 0.717) is 52.1 Å². The van der Waals surface area contributed by atoms with Gasteiger partial charge in [0, 0.05) is 25.7 Å². The van der Waals surface area contributed by atoms with Crippen LogP contribution in [0.4, 0.5) is 0 Å². The van der Waals surface area contributed by atoms with E-state index in [9.17, 15) is 10.2 Å². The number of fused-ring (bicyclic) bond motifs is 8. The van der Waals surface area contributed by atoms with E-state index in [2.05, 4.69) is 89.2 Å². The Morgan fingerprint density at radius 3 is 1.04 bits per heavy atom. The fraction of sp³-hybridized carbons (Fsp3) is 0.442. The zero-order valence-corrected chi connectivity index (χ0v) is 30.1. The van der Waals surface area contributed by atoms with Crippen molar-refractivity contribution in [3.8, 4) is 23.0 Å². The lowest BCUT2D eigenvalue weighted by molar-refractivity contribution is 0.280. The van der Waals surface area contributed by atoms with Gasteiger partial charge in [0.1, 0.15) is 23.0 Å². The number of rotatable bonds is 14. The monoisotopic (exact) mass is 666 g/mol. The second-order valence-corrected chi connectivity index (χ2v) is 13.2. The molecule has 262 valence electrons. The third-order valence-corrected chi connectivity index (χ3v) is 8.86. The Morgan fingerprint density at radius 2 is 0.735 bits per heavy atom. The molecule has 0 radical (unpaired) electrons. The van der Waals surface area contributed by atoms with Crippen LogP contribution in [-0.2, 0) is 38.9 Å². The Morgan fingerprint density at radius 1 is 0.449 bits per heavy atom. The molecule has 1 aliphatic carbocycles. The SMILES string of the molecule is CCCOc1c2cccc1Cc1cc(CO)cc(c1OCCC)Cc1cc(C)cc(c1OCCC)Cc1cc(CO)cc(c1OCCC)C2. The quantitative estimate of drug-likeness (QED) is 0.123. The minimum Gasteiger partial charge on any atom is -0.493 e. The lowest BCUT2D eigenvalue weighted by Crippen LogP contribution is -2.11. The maximum Gasteiger partial charge on any atom is 0.126 e. The molecule has 2 N–H and O–H groups in total. The lowest BCUT2D eigenvalue weighted by atomic mass is 9.89. The molecule has 0 aromatic heterocycles. The summed E-state index contributed by atoms with van der Waals surface area (Å²) in [5.41, 5.74) is 11.3. The van der Waals surface area contributed by atoms with E-state index >= 15 is 0 Å². The van der Waals surface area contributed by atoms with Crippen molar-refractivity contribution in [2.75, 3.05) is 26.4 Å². The maximum atomic E-state index is 10.5. The van der Waals surface area contributed by atoms with Crippen molar-refractivity contribution in [1.29, 1.82) is 0 Å². The van der Waals surface area contributed by atoms with Gasteiger partial charge in [-0.05, 0) is 113 Å². The first-order chi connectivity index (χ1) is 23.9. The van der Waals surface area contributed by atoms with Gasteiger partial charge in [0.25, 0.3) is 0 Å². The van der Waals surface area contributed by atoms with Gasteiger partial charge >= 0.3 is 0 Å². The summed E-state index contributed by atoms with van der Waals surface area (Å²) in [5, 5.41) is 20.9. The molecule has 0 spiro atoms. The minimum absolute atomic E-state index is 0.0616. The molecule has 0 saturated heterocycles. The Bertz CT molecular complexity index is 1600. The van der Waals surface area contributed by atoms with E-state index < -0.39 is 0 Å². The zero-order valence-electron chi connectivity index (χ0n) is 30.1. The van der Waals surface area contributed by atoms with Crippen LogP contribution >= 0.6 is 0 Å². The molecule has 0 unspecified atom stereocenters. The van der Waals surface area contributed by atoms with Crippen LogP contribution in [-0.4, -0.2) is 36.6 Å². The fourth-order valence-electron chi connectivity index (χ4n) is 6.85. The highest BCUT2D eigenvalue weighted by Crippen LogP contribution is 2.40. The van der Waals surface area contributed by atoms with Crippen LogP contribution in [0.1, 0.15) is 115 Å². The van der Waals surface area contributed by atoms with Crippen LogP contribution in [0, 0.1) is 6.92 Å². The number of aliphatic hydroxyl groups excluding tert-OH is 2. The van der Waals surface area contributed by atoms with E-state index in [-0.39, 0.29) is 13.2 Å². The van der Waals surface area contributed by atoms with Crippen LogP contribution in [0.25, 0.3) is 0 Å². The highest BCUT2D eigenvalue weighted by atomic mass is 16.5. The number of para-hydroxylation sites is 1. The van der Waals surface area contributed by atoms with Crippen LogP contribution in [0.5, 0.6) is 23.0 Å². The van der Waals surface area contributed by atoms with Crippen molar-refractivity contribution in [3.63, 3.8) is 0 Å². The molecule has 0 aliphatic heterocycles. The summed E-state index contributed by atoms with van der Waals surface area (Å²) in [6, 6.07) is 19.1. The van der Waals surface area contributed by atoms with Gasteiger partial charge in [0.05, 0.1) is 39.6 Å². The minimum atomic E-state index is -0.0616. The van der Waals surface area contributed by atoms with Gasteiger partial charge < -0.3 is 29.2 Å². The molecule has 0 heterocycles. The smallest absolute Gasteiger partial charge is 0.126 e. The molecule has 4 aromatic rings. The summed E-state index contributed by atoms with van der Waals surface area (Å²) in [6.07, 6.45) is 5.90. The van der Waals surface area contributed by atoms with Gasteiger partial charge in [-0.25, -0.2) is 0 Å². The molecule has 6 nitrogen and oxygen atoms in total. The Labute approximate surface area is 293 Å². The molecule has 0 saturated carbocycles. The lowest BCUT2D eigenvalue weighted by Gasteiger charge is -2.24. The first kappa shape index (κ1) is 36.3. The molecule has 8 bridgehead atoms. The summed E-state index contributed by atoms with van der Waals surface area (Å²) < 4.78 is 26.3. The summed E-state index contributed by atoms with van der Waals surface area (Å²) in [7, 11) is 0. The Balaban J connectivity index is 1.84. The van der Waals surface area contributed by atoms with Crippen molar-refractivity contribution in [1.82, 2.24) is 0 Å². The number of aliphatic hydroxyl groups is 2. The predicted molar refractivity (Wildman–Crippen MR) is 197 cm³/mol. The van der Waals surface area contributed by atoms with E-state index in [4.69, 9.17) is 18.9 Å². The van der Waals surface area contributed by atoms with Crippen molar-refractivity contribution in [3.05, 3.63) is 116 Å². The fourth-order valence-corrected chi connectivity index (χ4v) is 6.85. The summed E-state index contributed by atoms with van der Waals surface area (Å²) in [6.45, 7) is 12.9. The van der Waals surface area contributed by atoms with E-state index in [0.717, 1.165) is 110 Å². The molecule has 49 heavy (non-hydrogen) atoms. The average Bonchev–Trinajstić information content (AvgIpc) is 3.09. The van der Waals surface area contributed by atoms with Crippen LogP contribution in [0.3, 0.4) is 0 Å². The Hall–Kier alpha value is -4.00. The molecule has 1 aliphatic rings. The summed E-state index contributed by atoms with van der Waals surface area (Å²) in [5.74, 6) is 3.50. The van der Waals surface area contributed by atoms with E-state index in [1.807, 2.05) is 0 Å². The Kier molecular flexibility index (Phi) is 13.0. The molecule has 0 amide bonds. The zero-order chi connectivity index (χ0) is 34.8. The molecule has 0 atom stereocenters. The third-order valence-electron chi connectivity index (χ3n) is 8.86. The molecular formula is C43H54O6. The van der Waals surface area contributed by atoms with Crippen LogP contribution < -0.4 is 18.9 Å². The second-order valence-electron chi connectivity index (χ2n) is 13.2. The summed E-state index contributed by atoms with van der Waals surface area (Å²) >= 11 is 0. The van der Waals surface area contributed by atoms with Gasteiger partial charge in [-0.15, -0.1) is 0 Å². The third kappa shape index (κ3) is 8.78. The van der Waals surface area contributed by atoms with Crippen molar-refractivity contribution in [2.45, 2.75) is 99.2 Å². The first-order valence-corrected chi connectivity index (χ1v) is 18.2. The molecule has 4 aromatic carbocycles. The molecule has 5 rings (SSSR count). The van der Waals surface area contributed by atoms with Crippen LogP contribution in [0.2, 0.25) is 0 Å². The number of benzene rings is 4. The summed E-state index contributed by atoms with van der Waals surface area (Å²) in [4.78, 5) is 0. The van der Waals surface area contributed by atoms with Gasteiger partial charge in [-0.1, -0.05) is 63.6 Å². The van der Waals surface area contributed by atoms with Gasteiger partial charge in [0.15, 0.2) is 0 Å². The van der Waals surface area contributed by atoms with Gasteiger partial charge in [-0.3, -0.25) is 0 Å². The first-order valence-electron chi connectivity index (χ1n) is 18.2. The number of aryl methyl sites for hydroxylation is 1. The predicted octanol–water partition coefficient (Wildman–Crippen LogP) is 8.81. The van der Waals surface area contributed by atoms with Gasteiger partial charge in [0.2, 0.25) is 0 Å². The van der Waals surface area contributed by atoms with Crippen molar-refractivity contribution in [2.24, 2.45) is 0 Å². The van der Waals surface area contributed by atoms with E-state index in [1.54, 1.807) is 0 Å². The molecule has 6 heteroatoms. The maximum absolute atomic E-state index is 10.5. The largest absolute Gasteiger partial charge is 0.493 e. The van der Waals surface area contributed by atoms with Crippen molar-refractivity contribution >= 4 is 0 Å². The van der Waals surface area contributed by atoms with Crippen molar-refractivity contribution < 1.29 is 29.2 Å². The number of hydrogen-bond acceptors (Lipinski definition) is 6. The molecular weight excluding hydrogens is 612 g/mol. The van der Waals surface area contributed by atoms with E-state index in [1.165, 1.54) is 0 Å². The molecule has 0 fully saturated rings.